The van der Waals surface area contributed by atoms with Crippen LogP contribution in [0.25, 0.3) is 0 Å². The standard InChI is InChI=1S/C7H14NO3/c1-7(2,11)6(10)8(3)4-5-9/h11H,4-5H2,1-3H3. The third kappa shape index (κ3) is 3.34. The highest BCUT2D eigenvalue weighted by molar-refractivity contribution is 5.83. The summed E-state index contributed by atoms with van der Waals surface area (Å²) < 4.78 is 0. The minimum atomic E-state index is -1.37. The predicted octanol–water partition coefficient (Wildman–Crippen LogP) is -0.354. The highest BCUT2D eigenvalue weighted by Crippen LogP contribution is 2.04. The summed E-state index contributed by atoms with van der Waals surface area (Å²) >= 11 is 0. The van der Waals surface area contributed by atoms with Crippen molar-refractivity contribution in [2.24, 2.45) is 0 Å². The quantitative estimate of drug-likeness (QED) is 0.613. The number of amides is 1. The molecule has 0 aliphatic rings. The van der Waals surface area contributed by atoms with Gasteiger partial charge in [-0.05, 0) is 13.8 Å². The van der Waals surface area contributed by atoms with Crippen LogP contribution in [0.15, 0.2) is 0 Å². The van der Waals surface area contributed by atoms with E-state index in [0.29, 0.717) is 0 Å². The fourth-order valence-electron chi connectivity index (χ4n) is 0.706. The Morgan fingerprint density at radius 1 is 1.55 bits per heavy atom. The van der Waals surface area contributed by atoms with Crippen LogP contribution in [-0.2, 0) is 9.90 Å². The van der Waals surface area contributed by atoms with Crippen molar-refractivity contribution in [2.45, 2.75) is 19.4 Å². The van der Waals surface area contributed by atoms with E-state index in [0.717, 1.165) is 0 Å². The van der Waals surface area contributed by atoms with Crippen LogP contribution < -0.4 is 0 Å². The largest absolute Gasteiger partial charge is 0.381 e. The highest BCUT2D eigenvalue weighted by Gasteiger charge is 2.26. The Bertz CT molecular complexity index is 139. The second-order valence-corrected chi connectivity index (χ2v) is 2.99. The van der Waals surface area contributed by atoms with Gasteiger partial charge in [-0.1, -0.05) is 0 Å². The summed E-state index contributed by atoms with van der Waals surface area (Å²) in [5, 5.41) is 19.3. The van der Waals surface area contributed by atoms with Gasteiger partial charge in [0.25, 0.3) is 5.91 Å². The molecular weight excluding hydrogens is 146 g/mol. The Kier molecular flexibility index (Phi) is 3.48. The van der Waals surface area contributed by atoms with E-state index in [9.17, 15) is 15.0 Å². The van der Waals surface area contributed by atoms with E-state index < -0.39 is 11.5 Å². The van der Waals surface area contributed by atoms with Gasteiger partial charge in [-0.2, -0.15) is 0 Å². The zero-order valence-electron chi connectivity index (χ0n) is 7.13. The molecular formula is C7H14NO3. The number of rotatable bonds is 3. The Balaban J connectivity index is 4.03. The molecule has 0 atom stereocenters. The molecule has 1 radical (unpaired) electrons. The van der Waals surface area contributed by atoms with Gasteiger partial charge in [-0.25, -0.2) is 5.11 Å². The zero-order valence-corrected chi connectivity index (χ0v) is 7.13. The summed E-state index contributed by atoms with van der Waals surface area (Å²) in [5.41, 5.74) is -1.37. The van der Waals surface area contributed by atoms with E-state index in [-0.39, 0.29) is 13.2 Å². The van der Waals surface area contributed by atoms with Crippen LogP contribution in [0.3, 0.4) is 0 Å². The van der Waals surface area contributed by atoms with Crippen LogP contribution in [0.1, 0.15) is 13.8 Å². The van der Waals surface area contributed by atoms with Crippen molar-refractivity contribution in [2.75, 3.05) is 20.2 Å². The molecule has 0 saturated heterocycles. The van der Waals surface area contributed by atoms with Gasteiger partial charge >= 0.3 is 0 Å². The van der Waals surface area contributed by atoms with Crippen molar-refractivity contribution in [3.05, 3.63) is 0 Å². The maximum absolute atomic E-state index is 11.1. The molecule has 0 heterocycles. The molecule has 0 fully saturated rings. The molecule has 1 amide bonds. The Morgan fingerprint density at radius 2 is 2.00 bits per heavy atom. The number of hydrogen-bond donors (Lipinski definition) is 1. The number of likely N-dealkylation sites (N-methyl/N-ethyl adjacent to an activating group) is 1. The van der Waals surface area contributed by atoms with Gasteiger partial charge in [0.2, 0.25) is 0 Å². The lowest BCUT2D eigenvalue weighted by molar-refractivity contribution is -0.147. The predicted molar refractivity (Wildman–Crippen MR) is 39.5 cm³/mol. The number of hydrogen-bond acceptors (Lipinski definition) is 2. The van der Waals surface area contributed by atoms with Crippen LogP contribution in [0.2, 0.25) is 0 Å². The Morgan fingerprint density at radius 3 is 2.27 bits per heavy atom. The average Bonchev–Trinajstić information content (AvgIpc) is 1.85. The van der Waals surface area contributed by atoms with Gasteiger partial charge in [0.1, 0.15) is 5.60 Å². The van der Waals surface area contributed by atoms with Gasteiger partial charge in [0.15, 0.2) is 0 Å². The number of nitrogens with zero attached hydrogens (tertiary/aromatic N) is 1. The molecule has 0 aliphatic carbocycles. The van der Waals surface area contributed by atoms with Crippen LogP contribution in [0.4, 0.5) is 0 Å². The second kappa shape index (κ2) is 3.69. The smallest absolute Gasteiger partial charge is 0.253 e. The molecule has 0 aromatic rings. The van der Waals surface area contributed by atoms with Crippen molar-refractivity contribution in [3.63, 3.8) is 0 Å². The Labute approximate surface area is 66.4 Å². The van der Waals surface area contributed by atoms with E-state index >= 15 is 0 Å². The van der Waals surface area contributed by atoms with Crippen LogP contribution in [-0.4, -0.2) is 41.7 Å². The lowest BCUT2D eigenvalue weighted by Crippen LogP contribution is -2.44. The topological polar surface area (TPSA) is 60.4 Å². The number of carbonyl (C=O) groups excluding carboxylic acids is 1. The normalized spacial score (nSPS) is 11.4. The third-order valence-corrected chi connectivity index (χ3v) is 1.30. The zero-order chi connectivity index (χ0) is 9.07. The van der Waals surface area contributed by atoms with Crippen LogP contribution in [0, 0.1) is 0 Å². The van der Waals surface area contributed by atoms with Gasteiger partial charge in [-0.3, -0.25) is 4.79 Å². The van der Waals surface area contributed by atoms with Gasteiger partial charge in [0, 0.05) is 13.6 Å². The number of carbonyl (C=O) groups is 1. The minimum absolute atomic E-state index is 0.142. The highest BCUT2D eigenvalue weighted by atomic mass is 16.3. The summed E-state index contributed by atoms with van der Waals surface area (Å²) in [7, 11) is 1.50. The monoisotopic (exact) mass is 160 g/mol. The molecule has 1 N–H and O–H groups in total. The van der Waals surface area contributed by atoms with E-state index in [1.807, 2.05) is 0 Å². The van der Waals surface area contributed by atoms with Gasteiger partial charge < -0.3 is 10.0 Å². The first-order valence-corrected chi connectivity index (χ1v) is 3.45. The molecule has 0 aliphatic heterocycles. The molecule has 0 unspecified atom stereocenters. The first kappa shape index (κ1) is 10.4. The molecule has 11 heavy (non-hydrogen) atoms. The molecule has 0 bridgehead atoms. The lowest BCUT2D eigenvalue weighted by Gasteiger charge is -2.23. The summed E-state index contributed by atoms with van der Waals surface area (Å²) in [6.45, 7) is 2.61. The average molecular weight is 160 g/mol. The molecule has 65 valence electrons. The van der Waals surface area contributed by atoms with Crippen molar-refractivity contribution in [3.8, 4) is 0 Å². The number of aliphatic hydroxyl groups is 1. The van der Waals surface area contributed by atoms with Crippen molar-refractivity contribution in [1.29, 1.82) is 0 Å². The molecule has 4 heteroatoms. The van der Waals surface area contributed by atoms with E-state index in [1.165, 1.54) is 25.8 Å². The summed E-state index contributed by atoms with van der Waals surface area (Å²) in [6, 6.07) is 0. The maximum Gasteiger partial charge on any atom is 0.253 e. The molecule has 0 saturated carbocycles. The lowest BCUT2D eigenvalue weighted by atomic mass is 10.1. The summed E-state index contributed by atoms with van der Waals surface area (Å²) in [5.74, 6) is -0.423. The van der Waals surface area contributed by atoms with E-state index in [4.69, 9.17) is 0 Å². The molecule has 4 nitrogen and oxygen atoms in total. The van der Waals surface area contributed by atoms with E-state index in [2.05, 4.69) is 0 Å². The minimum Gasteiger partial charge on any atom is -0.381 e. The first-order valence-electron chi connectivity index (χ1n) is 3.45. The first-order chi connectivity index (χ1) is 4.89. The van der Waals surface area contributed by atoms with Gasteiger partial charge in [-0.15, -0.1) is 0 Å². The van der Waals surface area contributed by atoms with Crippen molar-refractivity contribution < 1.29 is 15.0 Å². The summed E-state index contributed by atoms with van der Waals surface area (Å²) in [6.07, 6.45) is 0. The van der Waals surface area contributed by atoms with Gasteiger partial charge in [0.05, 0.1) is 6.61 Å². The summed E-state index contributed by atoms with van der Waals surface area (Å²) in [4.78, 5) is 12.3. The van der Waals surface area contributed by atoms with Crippen LogP contribution in [0.5, 0.6) is 0 Å². The van der Waals surface area contributed by atoms with Crippen molar-refractivity contribution >= 4 is 5.91 Å². The fraction of sp³-hybridized carbons (Fsp3) is 0.857. The molecule has 0 rings (SSSR count). The SMILES string of the molecule is CN(CC[O])C(=O)C(C)(C)O. The molecule has 0 aromatic carbocycles. The molecule has 0 spiro atoms. The molecule has 0 aromatic heterocycles. The second-order valence-electron chi connectivity index (χ2n) is 2.99. The van der Waals surface area contributed by atoms with E-state index in [1.54, 1.807) is 0 Å². The third-order valence-electron chi connectivity index (χ3n) is 1.30. The van der Waals surface area contributed by atoms with Crippen LogP contribution >= 0.6 is 0 Å². The van der Waals surface area contributed by atoms with Crippen molar-refractivity contribution in [1.82, 2.24) is 4.90 Å². The fourth-order valence-corrected chi connectivity index (χ4v) is 0.706. The maximum atomic E-state index is 11.1. The Hall–Kier alpha value is -0.610.